The van der Waals surface area contributed by atoms with E-state index in [2.05, 4.69) is 5.32 Å². The molecule has 2 fully saturated rings. The van der Waals surface area contributed by atoms with Gasteiger partial charge in [0.1, 0.15) is 0 Å². The zero-order chi connectivity index (χ0) is 16.2. The van der Waals surface area contributed by atoms with E-state index in [1.165, 1.54) is 4.90 Å². The Bertz CT molecular complexity index is 370. The number of carbonyl (C=O) groups is 1. The number of piperidine rings is 1. The molecule has 1 saturated heterocycles. The molecule has 0 aromatic rings. The number of hydrogen-bond donors (Lipinski definition) is 1. The number of amides is 1. The summed E-state index contributed by atoms with van der Waals surface area (Å²) in [5.41, 5.74) is -0.278. The van der Waals surface area contributed by atoms with E-state index >= 15 is 0 Å². The maximum Gasteiger partial charge on any atom is 0.401 e. The Morgan fingerprint density at radius 3 is 2.41 bits per heavy atom. The highest BCUT2D eigenvalue weighted by Gasteiger charge is 2.39. The van der Waals surface area contributed by atoms with Gasteiger partial charge < -0.3 is 10.1 Å². The highest BCUT2D eigenvalue weighted by molar-refractivity contribution is 5.77. The number of hydrogen-bond acceptors (Lipinski definition) is 3. The van der Waals surface area contributed by atoms with Crippen LogP contribution in [0.25, 0.3) is 0 Å². The Hall–Kier alpha value is -0.820. The van der Waals surface area contributed by atoms with Crippen molar-refractivity contribution in [2.45, 2.75) is 50.3 Å². The predicted molar refractivity (Wildman–Crippen MR) is 76.4 cm³/mol. The minimum absolute atomic E-state index is 0.0146. The molecule has 2 aliphatic rings. The van der Waals surface area contributed by atoms with E-state index in [0.29, 0.717) is 38.9 Å². The lowest BCUT2D eigenvalue weighted by Crippen LogP contribution is -2.46. The van der Waals surface area contributed by atoms with Crippen LogP contribution in [0.5, 0.6) is 0 Å². The third-order valence-corrected chi connectivity index (χ3v) is 4.88. The summed E-state index contributed by atoms with van der Waals surface area (Å²) in [6, 6.07) is 0. The van der Waals surface area contributed by atoms with E-state index in [1.807, 2.05) is 0 Å². The maximum atomic E-state index is 12.3. The van der Waals surface area contributed by atoms with Gasteiger partial charge >= 0.3 is 6.18 Å². The van der Waals surface area contributed by atoms with Crippen LogP contribution in [0.1, 0.15) is 38.5 Å². The molecule has 7 heteroatoms. The average Bonchev–Trinajstić information content (AvgIpc) is 2.40. The Balaban J connectivity index is 1.63. The molecular weight excluding hydrogens is 297 g/mol. The van der Waals surface area contributed by atoms with Gasteiger partial charge in [0.15, 0.2) is 0 Å². The van der Waals surface area contributed by atoms with E-state index in [1.54, 1.807) is 7.11 Å². The molecule has 4 nitrogen and oxygen atoms in total. The Kier molecular flexibility index (Phi) is 5.71. The quantitative estimate of drug-likeness (QED) is 0.816. The molecule has 22 heavy (non-hydrogen) atoms. The Morgan fingerprint density at radius 2 is 1.95 bits per heavy atom. The van der Waals surface area contributed by atoms with Crippen molar-refractivity contribution in [1.82, 2.24) is 10.2 Å². The van der Waals surface area contributed by atoms with Crippen molar-refractivity contribution >= 4 is 5.91 Å². The Labute approximate surface area is 129 Å². The minimum Gasteiger partial charge on any atom is -0.378 e. The molecule has 1 aliphatic heterocycles. The van der Waals surface area contributed by atoms with Crippen molar-refractivity contribution in [3.63, 3.8) is 0 Å². The van der Waals surface area contributed by atoms with Crippen LogP contribution >= 0.6 is 0 Å². The number of halogens is 3. The fourth-order valence-electron chi connectivity index (χ4n) is 3.24. The topological polar surface area (TPSA) is 41.6 Å². The molecular formula is C15H25F3N2O2. The third kappa shape index (κ3) is 5.12. The smallest absolute Gasteiger partial charge is 0.378 e. The first-order valence-electron chi connectivity index (χ1n) is 7.93. The summed E-state index contributed by atoms with van der Waals surface area (Å²) in [7, 11) is 1.64. The number of carbonyl (C=O) groups excluding carboxylic acids is 1. The van der Waals surface area contributed by atoms with Gasteiger partial charge in [0.2, 0.25) is 5.91 Å². The number of likely N-dealkylation sites (tertiary alicyclic amines) is 1. The molecule has 0 bridgehead atoms. The van der Waals surface area contributed by atoms with Gasteiger partial charge in [-0.05, 0) is 51.1 Å². The summed E-state index contributed by atoms with van der Waals surface area (Å²) < 4.78 is 42.4. The van der Waals surface area contributed by atoms with Crippen LogP contribution in [0.15, 0.2) is 0 Å². The van der Waals surface area contributed by atoms with Crippen molar-refractivity contribution in [3.05, 3.63) is 0 Å². The molecule has 0 spiro atoms. The number of rotatable bonds is 6. The average molecular weight is 322 g/mol. The van der Waals surface area contributed by atoms with Gasteiger partial charge in [-0.2, -0.15) is 13.2 Å². The van der Waals surface area contributed by atoms with Crippen molar-refractivity contribution in [2.75, 3.05) is 33.3 Å². The van der Waals surface area contributed by atoms with Crippen LogP contribution < -0.4 is 5.32 Å². The molecule has 0 aromatic carbocycles. The van der Waals surface area contributed by atoms with Crippen LogP contribution in [-0.2, 0) is 9.53 Å². The Morgan fingerprint density at radius 1 is 1.32 bits per heavy atom. The molecule has 1 heterocycles. The number of nitrogens with one attached hydrogen (secondary N) is 1. The van der Waals surface area contributed by atoms with Crippen molar-refractivity contribution in [1.29, 1.82) is 0 Å². The third-order valence-electron chi connectivity index (χ3n) is 4.88. The fourth-order valence-corrected chi connectivity index (χ4v) is 3.24. The molecule has 1 aliphatic carbocycles. The molecule has 1 amide bonds. The van der Waals surface area contributed by atoms with Crippen molar-refractivity contribution < 1.29 is 22.7 Å². The summed E-state index contributed by atoms with van der Waals surface area (Å²) in [5, 5.41) is 2.91. The fraction of sp³-hybridized carbons (Fsp3) is 0.933. The zero-order valence-corrected chi connectivity index (χ0v) is 13.0. The standard InChI is InChI=1S/C15H25F3N2O2/c1-22-14(5-2-6-14)9-13(21)19-10-12-3-7-20(8-4-12)11-15(16,17)18/h12H,2-11H2,1H3,(H,19,21). The molecule has 1 N–H and O–H groups in total. The second-order valence-electron chi connectivity index (χ2n) is 6.56. The highest BCUT2D eigenvalue weighted by Crippen LogP contribution is 2.37. The van der Waals surface area contributed by atoms with Gasteiger partial charge in [-0.25, -0.2) is 0 Å². The minimum atomic E-state index is -4.13. The molecule has 0 radical (unpaired) electrons. The van der Waals surface area contributed by atoms with E-state index < -0.39 is 12.7 Å². The lowest BCUT2D eigenvalue weighted by Gasteiger charge is -2.40. The summed E-state index contributed by atoms with van der Waals surface area (Å²) in [4.78, 5) is 13.4. The van der Waals surface area contributed by atoms with Gasteiger partial charge in [-0.1, -0.05) is 0 Å². The number of nitrogens with zero attached hydrogens (tertiary/aromatic N) is 1. The molecule has 1 saturated carbocycles. The first-order valence-corrected chi connectivity index (χ1v) is 7.93. The maximum absolute atomic E-state index is 12.3. The predicted octanol–water partition coefficient (Wildman–Crippen LogP) is 2.34. The molecule has 128 valence electrons. The molecule has 0 atom stereocenters. The summed E-state index contributed by atoms with van der Waals surface area (Å²) in [6.07, 6.45) is 0.602. The molecule has 0 aromatic heterocycles. The van der Waals surface area contributed by atoms with Gasteiger partial charge in [-0.3, -0.25) is 9.69 Å². The lowest BCUT2D eigenvalue weighted by atomic mass is 9.77. The van der Waals surface area contributed by atoms with Crippen LogP contribution in [0.4, 0.5) is 13.2 Å². The lowest BCUT2D eigenvalue weighted by molar-refractivity contribution is -0.148. The van der Waals surface area contributed by atoms with E-state index in [9.17, 15) is 18.0 Å². The SMILES string of the molecule is COC1(CC(=O)NCC2CCN(CC(F)(F)F)CC2)CCC1. The largest absolute Gasteiger partial charge is 0.401 e. The first-order chi connectivity index (χ1) is 10.3. The van der Waals surface area contributed by atoms with Gasteiger partial charge in [-0.15, -0.1) is 0 Å². The summed E-state index contributed by atoms with van der Waals surface area (Å²) >= 11 is 0. The van der Waals surface area contributed by atoms with Gasteiger partial charge in [0.05, 0.1) is 18.6 Å². The van der Waals surface area contributed by atoms with Crippen LogP contribution in [0.3, 0.4) is 0 Å². The second-order valence-corrected chi connectivity index (χ2v) is 6.56. The van der Waals surface area contributed by atoms with Crippen molar-refractivity contribution in [2.24, 2.45) is 5.92 Å². The number of ether oxygens (including phenoxy) is 1. The number of alkyl halides is 3. The highest BCUT2D eigenvalue weighted by atomic mass is 19.4. The summed E-state index contributed by atoms with van der Waals surface area (Å²) in [5.74, 6) is 0.257. The summed E-state index contributed by atoms with van der Waals surface area (Å²) in [6.45, 7) is 0.616. The van der Waals surface area contributed by atoms with E-state index in [-0.39, 0.29) is 17.4 Å². The normalized spacial score (nSPS) is 23.1. The van der Waals surface area contributed by atoms with Crippen LogP contribution in [-0.4, -0.2) is 55.9 Å². The van der Waals surface area contributed by atoms with Gasteiger partial charge in [0.25, 0.3) is 0 Å². The van der Waals surface area contributed by atoms with Gasteiger partial charge in [0, 0.05) is 13.7 Å². The molecule has 0 unspecified atom stereocenters. The monoisotopic (exact) mass is 322 g/mol. The van der Waals surface area contributed by atoms with E-state index in [4.69, 9.17) is 4.74 Å². The van der Waals surface area contributed by atoms with Crippen LogP contribution in [0.2, 0.25) is 0 Å². The van der Waals surface area contributed by atoms with Crippen molar-refractivity contribution in [3.8, 4) is 0 Å². The number of methoxy groups -OCH3 is 1. The zero-order valence-electron chi connectivity index (χ0n) is 13.0. The first kappa shape index (κ1) is 17.5. The second kappa shape index (κ2) is 7.17. The van der Waals surface area contributed by atoms with Crippen LogP contribution in [0, 0.1) is 5.92 Å². The van der Waals surface area contributed by atoms with E-state index in [0.717, 1.165) is 19.3 Å². The molecule has 2 rings (SSSR count).